The molecule has 44 valence electrons. The Hall–Kier alpha value is -1.47. The summed E-state index contributed by atoms with van der Waals surface area (Å²) in [5.74, 6) is 1.62. The van der Waals surface area contributed by atoms with Crippen LogP contribution in [0.3, 0.4) is 0 Å². The van der Waals surface area contributed by atoms with Crippen LogP contribution in [0.1, 0.15) is 0 Å². The number of allylic oxidation sites excluding steroid dienone is 3. The fourth-order valence-corrected chi connectivity index (χ4v) is 0.418. The van der Waals surface area contributed by atoms with Crippen molar-refractivity contribution in [3.8, 4) is 0 Å². The Bertz CT molecular complexity index is 213. The summed E-state index contributed by atoms with van der Waals surface area (Å²) < 4.78 is 0. The van der Waals surface area contributed by atoms with Crippen molar-refractivity contribution in [2.75, 3.05) is 0 Å². The molecule has 0 bridgehead atoms. The predicted molar refractivity (Wildman–Crippen MR) is 32.3 cm³/mol. The molecule has 0 aromatic carbocycles. The minimum absolute atomic E-state index is 0.222. The summed E-state index contributed by atoms with van der Waals surface area (Å²) in [6.07, 6.45) is 6.41. The van der Waals surface area contributed by atoms with E-state index in [9.17, 15) is 4.79 Å². The topological polar surface area (TPSA) is 41.8 Å². The van der Waals surface area contributed by atoms with E-state index >= 15 is 0 Å². The number of nitrogens with zero attached hydrogens (tertiary/aromatic N) is 2. The number of hydrogen-bond donors (Lipinski definition) is 0. The first-order chi connectivity index (χ1) is 4.43. The molecule has 0 fully saturated rings. The molecule has 0 spiro atoms. The highest BCUT2D eigenvalue weighted by Crippen LogP contribution is 1.99. The highest BCUT2D eigenvalue weighted by molar-refractivity contribution is 5.56. The monoisotopic (exact) mass is 120 g/mol. The highest BCUT2D eigenvalue weighted by atomic mass is 16.1. The van der Waals surface area contributed by atoms with Crippen LogP contribution in [-0.4, -0.2) is 5.94 Å². The fourth-order valence-electron chi connectivity index (χ4n) is 0.418. The molecular formula is C6H4N2O. The third kappa shape index (κ3) is 1.48. The Morgan fingerprint density at radius 2 is 2.33 bits per heavy atom. The van der Waals surface area contributed by atoms with Crippen molar-refractivity contribution in [1.29, 1.82) is 0 Å². The van der Waals surface area contributed by atoms with Gasteiger partial charge in [-0.1, -0.05) is 6.08 Å². The van der Waals surface area contributed by atoms with Gasteiger partial charge in [-0.3, -0.25) is 0 Å². The number of hydrogen-bond acceptors (Lipinski definition) is 3. The van der Waals surface area contributed by atoms with E-state index in [4.69, 9.17) is 0 Å². The lowest BCUT2D eigenvalue weighted by Crippen LogP contribution is -1.66. The van der Waals surface area contributed by atoms with Crippen LogP contribution in [0.25, 0.3) is 0 Å². The van der Waals surface area contributed by atoms with Crippen LogP contribution in [0.4, 0.5) is 0 Å². The van der Waals surface area contributed by atoms with Crippen LogP contribution in [-0.2, 0) is 4.79 Å². The Labute approximate surface area is 52.1 Å². The third-order valence-corrected chi connectivity index (χ3v) is 0.788. The Kier molecular flexibility index (Phi) is 1.73. The van der Waals surface area contributed by atoms with Gasteiger partial charge in [-0.15, -0.1) is 5.11 Å². The van der Waals surface area contributed by atoms with E-state index in [0.29, 0.717) is 0 Å². The summed E-state index contributed by atoms with van der Waals surface area (Å²) >= 11 is 0. The fraction of sp³-hybridized carbons (Fsp3) is 0. The maximum Gasteiger partial charge on any atom is 0.169 e. The molecule has 0 N–H and O–H groups in total. The van der Waals surface area contributed by atoms with Crippen LogP contribution in [0.15, 0.2) is 40.4 Å². The zero-order valence-electron chi connectivity index (χ0n) is 4.61. The molecule has 0 unspecified atom stereocenters. The number of azo groups is 1. The standard InChI is InChI=1S/C6H4N2O/c9-5-6-3-1-2-4-7-8-6/h1-4H. The summed E-state index contributed by atoms with van der Waals surface area (Å²) in [5, 5.41) is 6.99. The van der Waals surface area contributed by atoms with E-state index in [2.05, 4.69) is 10.2 Å². The summed E-state index contributed by atoms with van der Waals surface area (Å²) in [5.41, 5.74) is 0.222. The van der Waals surface area contributed by atoms with E-state index in [1.54, 1.807) is 24.2 Å². The van der Waals surface area contributed by atoms with Crippen LogP contribution in [0.2, 0.25) is 0 Å². The summed E-state index contributed by atoms with van der Waals surface area (Å²) in [7, 11) is 0. The first-order valence-corrected chi connectivity index (χ1v) is 2.42. The summed E-state index contributed by atoms with van der Waals surface area (Å²) in [6.45, 7) is 0. The van der Waals surface area contributed by atoms with Crippen LogP contribution in [0.5, 0.6) is 0 Å². The Morgan fingerprint density at radius 1 is 1.44 bits per heavy atom. The quantitative estimate of drug-likeness (QED) is 0.443. The Morgan fingerprint density at radius 3 is 3.11 bits per heavy atom. The maximum atomic E-state index is 9.92. The molecule has 1 heterocycles. The van der Waals surface area contributed by atoms with Gasteiger partial charge in [0.2, 0.25) is 0 Å². The molecular weight excluding hydrogens is 116 g/mol. The summed E-state index contributed by atoms with van der Waals surface area (Å²) in [6, 6.07) is 0. The zero-order valence-corrected chi connectivity index (χ0v) is 4.61. The molecule has 0 aromatic heterocycles. The van der Waals surface area contributed by atoms with Gasteiger partial charge in [-0.2, -0.15) is 5.11 Å². The van der Waals surface area contributed by atoms with E-state index in [1.165, 1.54) is 6.20 Å². The molecule has 9 heavy (non-hydrogen) atoms. The smallest absolute Gasteiger partial charge is 0.169 e. The minimum Gasteiger partial charge on any atom is -0.231 e. The second kappa shape index (κ2) is 2.74. The predicted octanol–water partition coefficient (Wildman–Crippen LogP) is 1.24. The van der Waals surface area contributed by atoms with Gasteiger partial charge in [-0.05, 0) is 12.2 Å². The van der Waals surface area contributed by atoms with Crippen molar-refractivity contribution in [3.63, 3.8) is 0 Å². The normalized spacial score (nSPS) is 15.3. The SMILES string of the molecule is O=C=C1C=CC=CN=N1. The maximum absolute atomic E-state index is 9.92. The van der Waals surface area contributed by atoms with Gasteiger partial charge in [0, 0.05) is 6.20 Å². The van der Waals surface area contributed by atoms with Crippen molar-refractivity contribution in [1.82, 2.24) is 0 Å². The molecule has 1 aliphatic rings. The molecule has 3 nitrogen and oxygen atoms in total. The van der Waals surface area contributed by atoms with E-state index < -0.39 is 0 Å². The van der Waals surface area contributed by atoms with Gasteiger partial charge in [0.15, 0.2) is 11.6 Å². The molecule has 0 atom stereocenters. The second-order valence-electron chi connectivity index (χ2n) is 1.40. The average Bonchev–Trinajstić information content (AvgIpc) is 2.13. The van der Waals surface area contributed by atoms with Crippen molar-refractivity contribution in [2.45, 2.75) is 0 Å². The lowest BCUT2D eigenvalue weighted by atomic mass is 10.4. The van der Waals surface area contributed by atoms with Crippen LogP contribution >= 0.6 is 0 Å². The van der Waals surface area contributed by atoms with Gasteiger partial charge >= 0.3 is 0 Å². The van der Waals surface area contributed by atoms with E-state index in [0.717, 1.165) is 0 Å². The summed E-state index contributed by atoms with van der Waals surface area (Å²) in [4.78, 5) is 9.92. The number of rotatable bonds is 0. The first-order valence-electron chi connectivity index (χ1n) is 2.42. The third-order valence-electron chi connectivity index (χ3n) is 0.788. The zero-order chi connectivity index (χ0) is 6.53. The second-order valence-corrected chi connectivity index (χ2v) is 1.40. The molecule has 0 saturated carbocycles. The van der Waals surface area contributed by atoms with Crippen molar-refractivity contribution in [3.05, 3.63) is 30.1 Å². The van der Waals surface area contributed by atoms with Crippen molar-refractivity contribution in [2.24, 2.45) is 10.2 Å². The van der Waals surface area contributed by atoms with Crippen molar-refractivity contribution < 1.29 is 4.79 Å². The van der Waals surface area contributed by atoms with Crippen LogP contribution < -0.4 is 0 Å². The average molecular weight is 120 g/mol. The molecule has 1 aliphatic heterocycles. The number of carbonyl (C=O) groups excluding carboxylic acids is 1. The molecule has 0 saturated heterocycles. The minimum atomic E-state index is 0.222. The van der Waals surface area contributed by atoms with Gasteiger partial charge in [0.1, 0.15) is 0 Å². The molecule has 0 aromatic rings. The highest BCUT2D eigenvalue weighted by Gasteiger charge is 1.86. The Balaban J connectivity index is 2.95. The molecule has 3 heteroatoms. The van der Waals surface area contributed by atoms with Crippen molar-refractivity contribution >= 4 is 5.94 Å². The lowest BCUT2D eigenvalue weighted by molar-refractivity contribution is 0.567. The first kappa shape index (κ1) is 5.66. The van der Waals surface area contributed by atoms with E-state index in [-0.39, 0.29) is 5.70 Å². The molecule has 0 radical (unpaired) electrons. The largest absolute Gasteiger partial charge is 0.231 e. The van der Waals surface area contributed by atoms with E-state index in [1.807, 2.05) is 0 Å². The van der Waals surface area contributed by atoms with Gasteiger partial charge in [0.25, 0.3) is 0 Å². The molecule has 0 amide bonds. The van der Waals surface area contributed by atoms with Crippen LogP contribution in [0, 0.1) is 0 Å². The molecule has 1 rings (SSSR count). The molecule has 0 aliphatic carbocycles. The van der Waals surface area contributed by atoms with Gasteiger partial charge in [0.05, 0.1) is 0 Å². The van der Waals surface area contributed by atoms with Gasteiger partial charge < -0.3 is 0 Å². The van der Waals surface area contributed by atoms with Gasteiger partial charge in [-0.25, -0.2) is 4.79 Å². The lowest BCUT2D eigenvalue weighted by Gasteiger charge is -1.75.